The summed E-state index contributed by atoms with van der Waals surface area (Å²) in [4.78, 5) is 24.3. The van der Waals surface area contributed by atoms with E-state index in [0.29, 0.717) is 18.0 Å². The van der Waals surface area contributed by atoms with Crippen molar-refractivity contribution in [1.29, 1.82) is 0 Å². The van der Waals surface area contributed by atoms with Gasteiger partial charge in [0.2, 0.25) is 11.8 Å². The quantitative estimate of drug-likeness (QED) is 0.734. The lowest BCUT2D eigenvalue weighted by molar-refractivity contribution is -0.126. The second kappa shape index (κ2) is 9.07. The van der Waals surface area contributed by atoms with Crippen LogP contribution >= 0.6 is 0 Å². The number of benzene rings is 2. The molecule has 0 aliphatic heterocycles. The standard InChI is InChI=1S/C21H26N2O4/c1-13-8-14(2)21(15(3)9-13)23-20(25)11-19(24)22-12-16-6-7-17(26-4)18(10-16)27-5/h6-10H,11-12H2,1-5H3,(H,22,24)(H,23,25). The van der Waals surface area contributed by atoms with Crippen molar-refractivity contribution in [3.8, 4) is 11.5 Å². The van der Waals surface area contributed by atoms with Gasteiger partial charge in [0.15, 0.2) is 11.5 Å². The zero-order valence-corrected chi connectivity index (χ0v) is 16.4. The summed E-state index contributed by atoms with van der Waals surface area (Å²) in [6.45, 7) is 6.18. The Bertz CT molecular complexity index is 823. The van der Waals surface area contributed by atoms with Crippen LogP contribution in [0.4, 0.5) is 5.69 Å². The van der Waals surface area contributed by atoms with Gasteiger partial charge in [-0.3, -0.25) is 9.59 Å². The minimum absolute atomic E-state index is 0.236. The van der Waals surface area contributed by atoms with E-state index in [9.17, 15) is 9.59 Å². The van der Waals surface area contributed by atoms with E-state index in [1.807, 2.05) is 39.0 Å². The number of anilines is 1. The van der Waals surface area contributed by atoms with E-state index in [2.05, 4.69) is 10.6 Å². The van der Waals surface area contributed by atoms with Crippen LogP contribution in [0.15, 0.2) is 30.3 Å². The van der Waals surface area contributed by atoms with E-state index in [4.69, 9.17) is 9.47 Å². The fourth-order valence-corrected chi connectivity index (χ4v) is 2.96. The number of nitrogens with one attached hydrogen (secondary N) is 2. The largest absolute Gasteiger partial charge is 0.493 e. The van der Waals surface area contributed by atoms with Crippen molar-refractivity contribution >= 4 is 17.5 Å². The molecule has 6 nitrogen and oxygen atoms in total. The maximum Gasteiger partial charge on any atom is 0.233 e. The lowest BCUT2D eigenvalue weighted by Gasteiger charge is -2.13. The van der Waals surface area contributed by atoms with Crippen molar-refractivity contribution in [2.75, 3.05) is 19.5 Å². The molecule has 0 fully saturated rings. The summed E-state index contributed by atoms with van der Waals surface area (Å²) in [5, 5.41) is 5.58. The van der Waals surface area contributed by atoms with Gasteiger partial charge in [-0.25, -0.2) is 0 Å². The van der Waals surface area contributed by atoms with Gasteiger partial charge in [-0.2, -0.15) is 0 Å². The minimum Gasteiger partial charge on any atom is -0.493 e. The van der Waals surface area contributed by atoms with Gasteiger partial charge < -0.3 is 20.1 Å². The van der Waals surface area contributed by atoms with Gasteiger partial charge in [0.05, 0.1) is 14.2 Å². The summed E-state index contributed by atoms with van der Waals surface area (Å²) < 4.78 is 10.4. The topological polar surface area (TPSA) is 76.7 Å². The first-order valence-electron chi connectivity index (χ1n) is 8.69. The molecule has 0 saturated carbocycles. The molecular weight excluding hydrogens is 344 g/mol. The van der Waals surface area contributed by atoms with E-state index in [-0.39, 0.29) is 18.2 Å². The molecule has 2 rings (SSSR count). The molecule has 0 aromatic heterocycles. The molecule has 0 radical (unpaired) electrons. The van der Waals surface area contributed by atoms with Crippen molar-refractivity contribution in [3.63, 3.8) is 0 Å². The van der Waals surface area contributed by atoms with Gasteiger partial charge in [0.25, 0.3) is 0 Å². The summed E-state index contributed by atoms with van der Waals surface area (Å²) in [6, 6.07) is 9.40. The molecule has 0 saturated heterocycles. The lowest BCUT2D eigenvalue weighted by atomic mass is 10.0. The molecule has 2 aromatic carbocycles. The molecule has 0 bridgehead atoms. The molecule has 2 N–H and O–H groups in total. The van der Waals surface area contributed by atoms with Gasteiger partial charge >= 0.3 is 0 Å². The molecule has 0 atom stereocenters. The van der Waals surface area contributed by atoms with Crippen LogP contribution in [0.3, 0.4) is 0 Å². The Balaban J connectivity index is 1.91. The molecule has 27 heavy (non-hydrogen) atoms. The van der Waals surface area contributed by atoms with Crippen LogP contribution in [-0.2, 0) is 16.1 Å². The van der Waals surface area contributed by atoms with Crippen molar-refractivity contribution in [2.45, 2.75) is 33.7 Å². The van der Waals surface area contributed by atoms with Crippen LogP contribution in [0.25, 0.3) is 0 Å². The van der Waals surface area contributed by atoms with Crippen LogP contribution in [0.2, 0.25) is 0 Å². The summed E-state index contributed by atoms with van der Waals surface area (Å²) >= 11 is 0. The number of aryl methyl sites for hydroxylation is 3. The van der Waals surface area contributed by atoms with Crippen molar-refractivity contribution in [3.05, 3.63) is 52.6 Å². The first-order valence-corrected chi connectivity index (χ1v) is 8.69. The predicted octanol–water partition coefficient (Wildman–Crippen LogP) is 3.27. The number of carbonyl (C=O) groups excluding carboxylic acids is 2. The molecule has 2 amide bonds. The Hall–Kier alpha value is -3.02. The fourth-order valence-electron chi connectivity index (χ4n) is 2.96. The van der Waals surface area contributed by atoms with Gasteiger partial charge in [0.1, 0.15) is 6.42 Å². The number of amides is 2. The molecule has 6 heteroatoms. The highest BCUT2D eigenvalue weighted by Crippen LogP contribution is 2.27. The van der Waals surface area contributed by atoms with Gasteiger partial charge in [-0.05, 0) is 49.6 Å². The average molecular weight is 370 g/mol. The first-order chi connectivity index (χ1) is 12.8. The van der Waals surface area contributed by atoms with Crippen LogP contribution in [0, 0.1) is 20.8 Å². The minimum atomic E-state index is -0.343. The number of carbonyl (C=O) groups is 2. The Morgan fingerprint density at radius 3 is 2.11 bits per heavy atom. The number of rotatable bonds is 7. The number of hydrogen-bond donors (Lipinski definition) is 2. The highest BCUT2D eigenvalue weighted by atomic mass is 16.5. The van der Waals surface area contributed by atoms with Crippen LogP contribution in [-0.4, -0.2) is 26.0 Å². The number of ether oxygens (including phenoxy) is 2. The van der Waals surface area contributed by atoms with Gasteiger partial charge in [-0.1, -0.05) is 23.8 Å². The number of hydrogen-bond acceptors (Lipinski definition) is 4. The first kappa shape index (κ1) is 20.3. The highest BCUT2D eigenvalue weighted by molar-refractivity contribution is 6.04. The molecule has 0 unspecified atom stereocenters. The monoisotopic (exact) mass is 370 g/mol. The fraction of sp³-hybridized carbons (Fsp3) is 0.333. The third kappa shape index (κ3) is 5.48. The zero-order chi connectivity index (χ0) is 20.0. The van der Waals surface area contributed by atoms with Gasteiger partial charge in [-0.15, -0.1) is 0 Å². The lowest BCUT2D eigenvalue weighted by Crippen LogP contribution is -2.28. The second-order valence-corrected chi connectivity index (χ2v) is 6.46. The molecule has 0 aliphatic rings. The summed E-state index contributed by atoms with van der Waals surface area (Å²) in [7, 11) is 3.12. The maximum absolute atomic E-state index is 12.2. The van der Waals surface area contributed by atoms with E-state index >= 15 is 0 Å². The van der Waals surface area contributed by atoms with E-state index in [1.165, 1.54) is 0 Å². The number of methoxy groups -OCH3 is 2. The smallest absolute Gasteiger partial charge is 0.233 e. The second-order valence-electron chi connectivity index (χ2n) is 6.46. The Morgan fingerprint density at radius 1 is 0.889 bits per heavy atom. The van der Waals surface area contributed by atoms with E-state index in [0.717, 1.165) is 27.9 Å². The molecule has 0 heterocycles. The maximum atomic E-state index is 12.2. The molecule has 0 aliphatic carbocycles. The van der Waals surface area contributed by atoms with Crippen molar-refractivity contribution in [1.82, 2.24) is 5.32 Å². The normalized spacial score (nSPS) is 10.3. The van der Waals surface area contributed by atoms with Crippen molar-refractivity contribution < 1.29 is 19.1 Å². The van der Waals surface area contributed by atoms with Crippen molar-refractivity contribution in [2.24, 2.45) is 0 Å². The Morgan fingerprint density at radius 2 is 1.52 bits per heavy atom. The zero-order valence-electron chi connectivity index (χ0n) is 16.4. The summed E-state index contributed by atoms with van der Waals surface area (Å²) in [6.07, 6.45) is -0.236. The van der Waals surface area contributed by atoms with E-state index < -0.39 is 0 Å². The highest BCUT2D eigenvalue weighted by Gasteiger charge is 2.13. The average Bonchev–Trinajstić information content (AvgIpc) is 2.62. The third-order valence-corrected chi connectivity index (χ3v) is 4.20. The van der Waals surface area contributed by atoms with E-state index in [1.54, 1.807) is 26.4 Å². The molecule has 144 valence electrons. The summed E-state index contributed by atoms with van der Waals surface area (Å²) in [5.41, 5.74) is 4.71. The van der Waals surface area contributed by atoms with Crippen LogP contribution < -0.4 is 20.1 Å². The molecule has 2 aromatic rings. The predicted molar refractivity (Wildman–Crippen MR) is 105 cm³/mol. The SMILES string of the molecule is COc1ccc(CNC(=O)CC(=O)Nc2c(C)cc(C)cc2C)cc1OC. The van der Waals surface area contributed by atoms with Gasteiger partial charge in [0, 0.05) is 12.2 Å². The van der Waals surface area contributed by atoms with Crippen LogP contribution in [0.1, 0.15) is 28.7 Å². The molecular formula is C21H26N2O4. The third-order valence-electron chi connectivity index (χ3n) is 4.20. The Kier molecular flexibility index (Phi) is 6.82. The summed E-state index contributed by atoms with van der Waals surface area (Å²) in [5.74, 6) is 0.530. The molecule has 0 spiro atoms. The van der Waals surface area contributed by atoms with Crippen LogP contribution in [0.5, 0.6) is 11.5 Å². The Labute approximate surface area is 159 Å².